The van der Waals surface area contributed by atoms with Gasteiger partial charge in [0, 0.05) is 28.8 Å². The lowest BCUT2D eigenvalue weighted by atomic mass is 10.2. The van der Waals surface area contributed by atoms with Crippen LogP contribution in [-0.4, -0.2) is 16.1 Å². The van der Waals surface area contributed by atoms with E-state index in [-0.39, 0.29) is 29.5 Å². The van der Waals surface area contributed by atoms with Crippen LogP contribution in [0, 0.1) is 5.82 Å². The van der Waals surface area contributed by atoms with Crippen LogP contribution in [0.1, 0.15) is 12.3 Å². The topological polar surface area (TPSA) is 68.0 Å². The first-order valence-corrected chi connectivity index (χ1v) is 8.04. The fraction of sp³-hybridized carbons (Fsp3) is 0.133. The van der Waals surface area contributed by atoms with Crippen LogP contribution in [0.2, 0.25) is 5.02 Å². The lowest BCUT2D eigenvalue weighted by Gasteiger charge is -2.05. The van der Waals surface area contributed by atoms with Crippen molar-refractivity contribution in [2.75, 3.05) is 5.32 Å². The first-order valence-electron chi connectivity index (χ1n) is 6.71. The number of aryl methyl sites for hydroxylation is 1. The van der Waals surface area contributed by atoms with Crippen molar-refractivity contribution in [2.24, 2.45) is 0 Å². The minimum absolute atomic E-state index is 0.0869. The Bertz CT molecular complexity index is 820. The van der Waals surface area contributed by atoms with Crippen LogP contribution in [0.15, 0.2) is 39.4 Å². The highest BCUT2D eigenvalue weighted by atomic mass is 35.5. The minimum atomic E-state index is -0.580. The number of anilines is 1. The van der Waals surface area contributed by atoms with Crippen LogP contribution in [0.25, 0.3) is 11.5 Å². The summed E-state index contributed by atoms with van der Waals surface area (Å²) < 4.78 is 19.1. The number of thiophene rings is 1. The molecular formula is C15H11ClFN3O2S. The number of halogens is 2. The van der Waals surface area contributed by atoms with E-state index in [0.717, 1.165) is 11.6 Å². The molecule has 1 N–H and O–H groups in total. The number of aromatic nitrogens is 2. The monoisotopic (exact) mass is 351 g/mol. The zero-order valence-corrected chi connectivity index (χ0v) is 13.3. The average molecular weight is 352 g/mol. The van der Waals surface area contributed by atoms with Gasteiger partial charge in [-0.1, -0.05) is 11.6 Å². The molecule has 0 saturated carbocycles. The lowest BCUT2D eigenvalue weighted by Crippen LogP contribution is -2.13. The van der Waals surface area contributed by atoms with Gasteiger partial charge in [-0.15, -0.1) is 10.2 Å². The van der Waals surface area contributed by atoms with E-state index in [1.165, 1.54) is 23.5 Å². The number of carbonyl (C=O) groups excluding carboxylic acids is 1. The van der Waals surface area contributed by atoms with E-state index in [4.69, 9.17) is 16.0 Å². The Morgan fingerprint density at radius 2 is 2.22 bits per heavy atom. The zero-order valence-electron chi connectivity index (χ0n) is 11.8. The molecule has 2 heterocycles. The third-order valence-corrected chi connectivity index (χ3v) is 3.92. The molecule has 0 aliphatic heterocycles. The number of hydrogen-bond acceptors (Lipinski definition) is 5. The largest absolute Gasteiger partial charge is 0.421 e. The molecule has 1 amide bonds. The van der Waals surface area contributed by atoms with Crippen molar-refractivity contribution in [3.63, 3.8) is 0 Å². The highest BCUT2D eigenvalue weighted by Gasteiger charge is 2.12. The number of carbonyl (C=O) groups is 1. The summed E-state index contributed by atoms with van der Waals surface area (Å²) in [6.07, 6.45) is 0.380. The smallest absolute Gasteiger partial charge is 0.248 e. The zero-order chi connectivity index (χ0) is 16.2. The van der Waals surface area contributed by atoms with Crippen LogP contribution < -0.4 is 5.32 Å². The molecule has 0 fully saturated rings. The molecule has 0 atom stereocenters. The van der Waals surface area contributed by atoms with E-state index >= 15 is 0 Å². The molecule has 0 bridgehead atoms. The third-order valence-electron chi connectivity index (χ3n) is 3.01. The number of nitrogens with one attached hydrogen (secondary N) is 1. The molecule has 23 heavy (non-hydrogen) atoms. The van der Waals surface area contributed by atoms with Crippen molar-refractivity contribution >= 4 is 34.5 Å². The second-order valence-electron chi connectivity index (χ2n) is 4.69. The van der Waals surface area contributed by atoms with Gasteiger partial charge < -0.3 is 9.73 Å². The molecule has 2 aromatic heterocycles. The van der Waals surface area contributed by atoms with Crippen LogP contribution >= 0.6 is 22.9 Å². The van der Waals surface area contributed by atoms with E-state index in [2.05, 4.69) is 15.5 Å². The van der Waals surface area contributed by atoms with Gasteiger partial charge in [-0.2, -0.15) is 11.3 Å². The van der Waals surface area contributed by atoms with E-state index in [1.807, 2.05) is 16.8 Å². The molecular weight excluding hydrogens is 341 g/mol. The van der Waals surface area contributed by atoms with Crippen molar-refractivity contribution in [1.29, 1.82) is 0 Å². The van der Waals surface area contributed by atoms with E-state index in [1.54, 1.807) is 0 Å². The number of nitrogens with zero attached hydrogens (tertiary/aromatic N) is 2. The van der Waals surface area contributed by atoms with Crippen molar-refractivity contribution in [1.82, 2.24) is 10.2 Å². The molecule has 8 heteroatoms. The predicted octanol–water partition coefficient (Wildman–Crippen LogP) is 4.16. The SMILES string of the molecule is O=C(CCc1nnc(-c2ccsc2)o1)Nc1ccc(Cl)cc1F. The number of hydrogen-bond donors (Lipinski definition) is 1. The van der Waals surface area contributed by atoms with Crippen molar-refractivity contribution in [3.8, 4) is 11.5 Å². The number of rotatable bonds is 5. The van der Waals surface area contributed by atoms with E-state index in [9.17, 15) is 9.18 Å². The van der Waals surface area contributed by atoms with Gasteiger partial charge in [0.05, 0.1) is 5.69 Å². The Kier molecular flexibility index (Phi) is 4.68. The fourth-order valence-electron chi connectivity index (χ4n) is 1.88. The Labute approximate surface area is 140 Å². The van der Waals surface area contributed by atoms with Gasteiger partial charge in [0.15, 0.2) is 0 Å². The minimum Gasteiger partial charge on any atom is -0.421 e. The highest BCUT2D eigenvalue weighted by molar-refractivity contribution is 7.08. The second-order valence-corrected chi connectivity index (χ2v) is 5.90. The van der Waals surface area contributed by atoms with Crippen LogP contribution in [0.3, 0.4) is 0 Å². The first kappa shape index (κ1) is 15.6. The summed E-state index contributed by atoms with van der Waals surface area (Å²) >= 11 is 7.19. The summed E-state index contributed by atoms with van der Waals surface area (Å²) in [6.45, 7) is 0. The molecule has 0 aliphatic rings. The van der Waals surface area contributed by atoms with Gasteiger partial charge in [0.1, 0.15) is 5.82 Å². The number of benzene rings is 1. The molecule has 0 radical (unpaired) electrons. The summed E-state index contributed by atoms with van der Waals surface area (Å²) in [6, 6.07) is 5.93. The second kappa shape index (κ2) is 6.89. The van der Waals surface area contributed by atoms with Crippen LogP contribution in [-0.2, 0) is 11.2 Å². The molecule has 0 unspecified atom stereocenters. The van der Waals surface area contributed by atoms with Crippen molar-refractivity contribution < 1.29 is 13.6 Å². The third kappa shape index (κ3) is 3.94. The summed E-state index contributed by atoms with van der Waals surface area (Å²) in [7, 11) is 0. The molecule has 0 saturated heterocycles. The van der Waals surface area contributed by atoms with Gasteiger partial charge in [0.25, 0.3) is 0 Å². The van der Waals surface area contributed by atoms with Gasteiger partial charge in [-0.05, 0) is 29.6 Å². The van der Waals surface area contributed by atoms with E-state index < -0.39 is 5.82 Å². The Balaban J connectivity index is 1.57. The number of amides is 1. The average Bonchev–Trinajstić information content (AvgIpc) is 3.18. The summed E-state index contributed by atoms with van der Waals surface area (Å²) in [5.41, 5.74) is 0.935. The van der Waals surface area contributed by atoms with Crippen molar-refractivity contribution in [2.45, 2.75) is 12.8 Å². The molecule has 0 spiro atoms. The molecule has 118 valence electrons. The van der Waals surface area contributed by atoms with E-state index in [0.29, 0.717) is 11.8 Å². The van der Waals surface area contributed by atoms with Gasteiger partial charge >= 0.3 is 0 Å². The summed E-state index contributed by atoms with van der Waals surface area (Å²) in [5.74, 6) is -0.145. The van der Waals surface area contributed by atoms with Crippen molar-refractivity contribution in [3.05, 3.63) is 51.8 Å². The van der Waals surface area contributed by atoms with Crippen LogP contribution in [0.4, 0.5) is 10.1 Å². The fourth-order valence-corrected chi connectivity index (χ4v) is 2.67. The summed E-state index contributed by atoms with van der Waals surface area (Å²) in [5, 5.41) is 14.4. The Hall–Kier alpha value is -2.25. The molecule has 0 aliphatic carbocycles. The maximum atomic E-state index is 13.6. The molecule has 3 rings (SSSR count). The summed E-state index contributed by atoms with van der Waals surface area (Å²) in [4.78, 5) is 11.9. The standard InChI is InChI=1S/C15H11ClFN3O2S/c16-10-1-2-12(11(17)7-10)18-13(21)3-4-14-19-20-15(22-14)9-5-6-23-8-9/h1-2,5-8H,3-4H2,(H,18,21). The highest BCUT2D eigenvalue weighted by Crippen LogP contribution is 2.21. The maximum absolute atomic E-state index is 13.6. The first-order chi connectivity index (χ1) is 11.1. The lowest BCUT2D eigenvalue weighted by molar-refractivity contribution is -0.116. The quantitative estimate of drug-likeness (QED) is 0.749. The molecule has 3 aromatic rings. The van der Waals surface area contributed by atoms with Crippen LogP contribution in [0.5, 0.6) is 0 Å². The predicted molar refractivity (Wildman–Crippen MR) is 86.0 cm³/mol. The molecule has 1 aromatic carbocycles. The maximum Gasteiger partial charge on any atom is 0.248 e. The Morgan fingerprint density at radius 1 is 1.35 bits per heavy atom. The molecule has 5 nitrogen and oxygen atoms in total. The van der Waals surface area contributed by atoms with Gasteiger partial charge in [-0.3, -0.25) is 4.79 Å². The Morgan fingerprint density at radius 3 is 2.96 bits per heavy atom. The normalized spacial score (nSPS) is 10.7. The van der Waals surface area contributed by atoms with Gasteiger partial charge in [-0.25, -0.2) is 4.39 Å². The van der Waals surface area contributed by atoms with Gasteiger partial charge in [0.2, 0.25) is 17.7 Å².